The molecule has 6 N–H and O–H groups in total. The van der Waals surface area contributed by atoms with Gasteiger partial charge < -0.3 is 39.4 Å². The van der Waals surface area contributed by atoms with Crippen LogP contribution in [0.1, 0.15) is 54.1 Å². The molecule has 14 nitrogen and oxygen atoms in total. The summed E-state index contributed by atoms with van der Waals surface area (Å²) in [6.07, 6.45) is 2.92. The van der Waals surface area contributed by atoms with Gasteiger partial charge in [0.05, 0.1) is 53.1 Å². The van der Waals surface area contributed by atoms with Gasteiger partial charge in [-0.05, 0) is 65.2 Å². The van der Waals surface area contributed by atoms with Crippen LogP contribution in [0.5, 0.6) is 23.0 Å². The molecule has 0 saturated carbocycles. The van der Waals surface area contributed by atoms with Gasteiger partial charge in [-0.25, -0.2) is 10.9 Å². The lowest BCUT2D eigenvalue weighted by atomic mass is 10.0. The number of ether oxygens (including phenoxy) is 4. The Morgan fingerprint density at radius 1 is 0.740 bits per heavy atom. The molecular weight excluding hydrogens is 672 g/mol. The second kappa shape index (κ2) is 18.3. The number of nitrogens with one attached hydrogen (secondary N) is 2. The third-order valence-corrected chi connectivity index (χ3v) is 7.62. The third-order valence-electron chi connectivity index (χ3n) is 7.28. The highest BCUT2D eigenvalue weighted by Gasteiger charge is 2.16. The van der Waals surface area contributed by atoms with Crippen molar-refractivity contribution in [2.75, 3.05) is 21.0 Å². The first-order valence-electron chi connectivity index (χ1n) is 14.9. The van der Waals surface area contributed by atoms with Crippen molar-refractivity contribution in [2.24, 2.45) is 10.2 Å². The number of benzene rings is 4. The number of hydrogen-bond acceptors (Lipinski definition) is 12. The predicted octanol–water partition coefficient (Wildman–Crippen LogP) is 3.27. The van der Waals surface area contributed by atoms with Crippen molar-refractivity contribution in [1.82, 2.24) is 10.9 Å². The van der Waals surface area contributed by atoms with E-state index in [1.165, 1.54) is 50.9 Å². The van der Waals surface area contributed by atoms with Crippen LogP contribution in [-0.2, 0) is 26.4 Å². The first-order chi connectivity index (χ1) is 24.3. The van der Waals surface area contributed by atoms with Crippen LogP contribution in [0.25, 0.3) is 0 Å². The maximum Gasteiger partial charge on any atom is 0.271 e. The molecule has 5 rings (SSSR count). The van der Waals surface area contributed by atoms with Crippen molar-refractivity contribution < 1.29 is 49.0 Å². The number of fused-ring (bicyclic) bond motifs is 1. The number of nitrogens with zero attached hydrogens (tertiary/aromatic N) is 2. The van der Waals surface area contributed by atoms with Gasteiger partial charge in [0, 0.05) is 32.8 Å². The van der Waals surface area contributed by atoms with Gasteiger partial charge >= 0.3 is 0 Å². The maximum absolute atomic E-state index is 12.3. The quantitative estimate of drug-likeness (QED) is 0.0938. The Morgan fingerprint density at radius 3 is 1.80 bits per heavy atom. The van der Waals surface area contributed by atoms with Crippen LogP contribution in [0.15, 0.2) is 76.9 Å². The highest BCUT2D eigenvalue weighted by atomic mass is 35.5. The maximum atomic E-state index is 12.3. The largest absolute Gasteiger partial charge is 0.496 e. The molecule has 0 bridgehead atoms. The van der Waals surface area contributed by atoms with E-state index < -0.39 is 11.8 Å². The lowest BCUT2D eigenvalue weighted by Crippen LogP contribution is -2.18. The highest BCUT2D eigenvalue weighted by Crippen LogP contribution is 2.32. The minimum Gasteiger partial charge on any atom is -0.496 e. The van der Waals surface area contributed by atoms with Gasteiger partial charge in [0.2, 0.25) is 6.79 Å². The number of hydrazone groups is 2. The standard InChI is InChI=1S/C18H18N2O6.C17H17ClN2O4/c1-24-16-6-12(5-13(8-21)14(16)9-22)18(23)20-19-7-11-2-3-15-17(4-11)26-10-25-15;1-24-16-7-12(6-13(9-21)14(16)10-22)17(23)20-19-8-11-4-2-3-5-15(11)18/h2-7,21-22H,8-10H2,1H3,(H,20,23);2-8,21-22H,9-10H2,1H3,(H,20,23)/b19-7+;19-8+. The Labute approximate surface area is 292 Å². The molecule has 0 saturated heterocycles. The molecule has 50 heavy (non-hydrogen) atoms. The number of aliphatic hydroxyl groups is 4. The van der Waals surface area contributed by atoms with E-state index in [-0.39, 0.29) is 44.3 Å². The topological polar surface area (TPSA) is 201 Å². The molecule has 4 aromatic rings. The molecule has 0 atom stereocenters. The fourth-order valence-electron chi connectivity index (χ4n) is 4.70. The van der Waals surface area contributed by atoms with E-state index in [1.807, 2.05) is 0 Å². The first kappa shape index (κ1) is 37.3. The Hall–Kier alpha value is -5.51. The highest BCUT2D eigenvalue weighted by molar-refractivity contribution is 6.33. The number of rotatable bonds is 12. The van der Waals surface area contributed by atoms with E-state index in [1.54, 1.807) is 42.5 Å². The molecule has 1 aliphatic rings. The molecule has 0 aliphatic carbocycles. The van der Waals surface area contributed by atoms with E-state index in [0.29, 0.717) is 55.8 Å². The van der Waals surface area contributed by atoms with Gasteiger partial charge in [-0.2, -0.15) is 10.2 Å². The van der Waals surface area contributed by atoms with Crippen molar-refractivity contribution in [3.63, 3.8) is 0 Å². The lowest BCUT2D eigenvalue weighted by Gasteiger charge is -2.12. The molecule has 262 valence electrons. The SMILES string of the molecule is COc1cc(C(=O)N/N=C/c2ccc3c(c2)OCO3)cc(CO)c1CO.COc1cc(C(=O)N/N=C/c2ccccc2Cl)cc(CO)c1CO. The van der Waals surface area contributed by atoms with E-state index in [0.717, 1.165) is 5.56 Å². The summed E-state index contributed by atoms with van der Waals surface area (Å²) >= 11 is 6.00. The normalized spacial score (nSPS) is 11.7. The van der Waals surface area contributed by atoms with Crippen molar-refractivity contribution in [3.8, 4) is 23.0 Å². The Morgan fingerprint density at radius 2 is 1.28 bits per heavy atom. The van der Waals surface area contributed by atoms with Crippen LogP contribution in [0.4, 0.5) is 0 Å². The molecule has 0 spiro atoms. The minimum atomic E-state index is -0.476. The summed E-state index contributed by atoms with van der Waals surface area (Å²) in [5.74, 6) is 0.986. The van der Waals surface area contributed by atoms with E-state index in [2.05, 4.69) is 21.1 Å². The van der Waals surface area contributed by atoms with Gasteiger partial charge in [0.25, 0.3) is 11.8 Å². The zero-order valence-corrected chi connectivity index (χ0v) is 27.8. The fraction of sp³-hybridized carbons (Fsp3) is 0.200. The number of aliphatic hydroxyl groups excluding tert-OH is 4. The Bertz CT molecular complexity index is 1830. The first-order valence-corrected chi connectivity index (χ1v) is 15.3. The van der Waals surface area contributed by atoms with Crippen molar-refractivity contribution in [3.05, 3.63) is 116 Å². The Balaban J connectivity index is 0.000000226. The summed E-state index contributed by atoms with van der Waals surface area (Å²) in [7, 11) is 2.85. The van der Waals surface area contributed by atoms with Gasteiger partial charge in [-0.3, -0.25) is 9.59 Å². The second-order valence-electron chi connectivity index (χ2n) is 10.3. The fourth-order valence-corrected chi connectivity index (χ4v) is 4.89. The van der Waals surface area contributed by atoms with Crippen LogP contribution < -0.4 is 29.8 Å². The molecule has 1 heterocycles. The third kappa shape index (κ3) is 9.34. The van der Waals surface area contributed by atoms with Gasteiger partial charge in [-0.1, -0.05) is 29.8 Å². The predicted molar refractivity (Wildman–Crippen MR) is 184 cm³/mol. The van der Waals surface area contributed by atoms with E-state index in [4.69, 9.17) is 30.5 Å². The average Bonchev–Trinajstić information content (AvgIpc) is 3.62. The molecule has 0 aromatic heterocycles. The van der Waals surface area contributed by atoms with E-state index >= 15 is 0 Å². The summed E-state index contributed by atoms with van der Waals surface area (Å²) in [6, 6.07) is 18.3. The van der Waals surface area contributed by atoms with Gasteiger partial charge in [-0.15, -0.1) is 0 Å². The van der Waals surface area contributed by atoms with Crippen molar-refractivity contribution >= 4 is 35.8 Å². The number of carbonyl (C=O) groups excluding carboxylic acids is 2. The van der Waals surface area contributed by atoms with Crippen LogP contribution >= 0.6 is 11.6 Å². The van der Waals surface area contributed by atoms with Crippen LogP contribution in [0.2, 0.25) is 5.02 Å². The Kier molecular flexibility index (Phi) is 13.7. The summed E-state index contributed by atoms with van der Waals surface area (Å²) in [4.78, 5) is 24.5. The molecule has 4 aromatic carbocycles. The number of halogens is 1. The molecule has 1 aliphatic heterocycles. The molecule has 15 heteroatoms. The summed E-state index contributed by atoms with van der Waals surface area (Å²) in [5.41, 5.74) is 8.42. The zero-order chi connectivity index (χ0) is 36.0. The molecular formula is C35H35ClN4O10. The smallest absolute Gasteiger partial charge is 0.271 e. The number of hydrogen-bond donors (Lipinski definition) is 6. The molecule has 0 unspecified atom stereocenters. The minimum absolute atomic E-state index is 0.186. The number of amides is 2. The number of methoxy groups -OCH3 is 2. The zero-order valence-electron chi connectivity index (χ0n) is 27.1. The second-order valence-corrected chi connectivity index (χ2v) is 10.7. The summed E-state index contributed by atoms with van der Waals surface area (Å²) in [6.45, 7) is -1.06. The van der Waals surface area contributed by atoms with Gasteiger partial charge in [0.15, 0.2) is 11.5 Å². The average molecular weight is 707 g/mol. The molecule has 0 fully saturated rings. The monoisotopic (exact) mass is 706 g/mol. The molecule has 0 radical (unpaired) electrons. The van der Waals surface area contributed by atoms with Crippen LogP contribution in [-0.4, -0.2) is 65.7 Å². The number of carbonyl (C=O) groups is 2. The van der Waals surface area contributed by atoms with Crippen molar-refractivity contribution in [2.45, 2.75) is 26.4 Å². The van der Waals surface area contributed by atoms with Crippen LogP contribution in [0, 0.1) is 0 Å². The summed E-state index contributed by atoms with van der Waals surface area (Å²) in [5, 5.41) is 45.9. The van der Waals surface area contributed by atoms with Crippen LogP contribution in [0.3, 0.4) is 0 Å². The van der Waals surface area contributed by atoms with E-state index in [9.17, 15) is 30.0 Å². The summed E-state index contributed by atoms with van der Waals surface area (Å²) < 4.78 is 20.8. The van der Waals surface area contributed by atoms with Gasteiger partial charge in [0.1, 0.15) is 11.5 Å². The molecule has 2 amide bonds. The lowest BCUT2D eigenvalue weighted by molar-refractivity contribution is 0.0946. The van der Waals surface area contributed by atoms with Crippen molar-refractivity contribution in [1.29, 1.82) is 0 Å².